The second-order valence-electron chi connectivity index (χ2n) is 6.24. The molecule has 1 aliphatic rings. The van der Waals surface area contributed by atoms with E-state index in [-0.39, 0.29) is 11.8 Å². The monoisotopic (exact) mass is 353 g/mol. The lowest BCUT2D eigenvalue weighted by atomic mass is 9.84. The summed E-state index contributed by atoms with van der Waals surface area (Å²) in [5.41, 5.74) is 1.86. The molecule has 2 aromatic heterocycles. The summed E-state index contributed by atoms with van der Waals surface area (Å²) in [6.07, 6.45) is 6.62. The van der Waals surface area contributed by atoms with Crippen molar-refractivity contribution < 1.29 is 9.53 Å². The number of amides is 1. The normalized spacial score (nSPS) is 14.3. The van der Waals surface area contributed by atoms with Gasteiger partial charge in [-0.3, -0.25) is 14.7 Å². The van der Waals surface area contributed by atoms with Crippen LogP contribution >= 0.6 is 11.3 Å². The highest BCUT2D eigenvalue weighted by molar-refractivity contribution is 7.22. The lowest BCUT2D eigenvalue weighted by Crippen LogP contribution is -2.38. The van der Waals surface area contributed by atoms with Crippen LogP contribution in [0.25, 0.3) is 10.2 Å². The van der Waals surface area contributed by atoms with E-state index in [4.69, 9.17) is 9.72 Å². The number of carbonyl (C=O) groups excluding carboxylic acids is 1. The van der Waals surface area contributed by atoms with Crippen LogP contribution in [0.2, 0.25) is 0 Å². The van der Waals surface area contributed by atoms with E-state index in [1.54, 1.807) is 30.8 Å². The Hall–Kier alpha value is -2.47. The number of thiazole rings is 1. The predicted molar refractivity (Wildman–Crippen MR) is 98.9 cm³/mol. The van der Waals surface area contributed by atoms with Gasteiger partial charge < -0.3 is 4.74 Å². The van der Waals surface area contributed by atoms with Crippen molar-refractivity contribution >= 4 is 32.6 Å². The number of fused-ring (bicyclic) bond motifs is 1. The van der Waals surface area contributed by atoms with Crippen molar-refractivity contribution in [3.05, 3.63) is 48.3 Å². The van der Waals surface area contributed by atoms with E-state index in [2.05, 4.69) is 4.98 Å². The summed E-state index contributed by atoms with van der Waals surface area (Å²) in [5.74, 6) is 1.06. The van der Waals surface area contributed by atoms with Crippen molar-refractivity contribution in [1.82, 2.24) is 9.97 Å². The summed E-state index contributed by atoms with van der Waals surface area (Å²) in [5, 5.41) is 0.740. The standard InChI is InChI=1S/C19H19N3O2S/c1-24-15-7-8-17-16(10-15)21-19(25-17)22(18(23)14-5-2-6-14)12-13-4-3-9-20-11-13/h3-4,7-11,14H,2,5-6,12H2,1H3. The van der Waals surface area contributed by atoms with Crippen molar-refractivity contribution in [1.29, 1.82) is 0 Å². The van der Waals surface area contributed by atoms with Gasteiger partial charge in [-0.1, -0.05) is 23.8 Å². The van der Waals surface area contributed by atoms with E-state index in [0.29, 0.717) is 6.54 Å². The fourth-order valence-electron chi connectivity index (χ4n) is 2.93. The topological polar surface area (TPSA) is 55.3 Å². The summed E-state index contributed by atoms with van der Waals surface area (Å²) in [6, 6.07) is 9.70. The number of nitrogens with zero attached hydrogens (tertiary/aromatic N) is 3. The summed E-state index contributed by atoms with van der Waals surface area (Å²) < 4.78 is 6.33. The van der Waals surface area contributed by atoms with E-state index in [1.165, 1.54) is 0 Å². The molecule has 1 aromatic carbocycles. The Labute approximate surface area is 150 Å². The first-order chi connectivity index (χ1) is 12.2. The molecule has 25 heavy (non-hydrogen) atoms. The molecular formula is C19H19N3O2S. The lowest BCUT2D eigenvalue weighted by molar-refractivity contribution is -0.124. The van der Waals surface area contributed by atoms with Crippen LogP contribution in [-0.4, -0.2) is 23.0 Å². The quantitative estimate of drug-likeness (QED) is 0.695. The van der Waals surface area contributed by atoms with Gasteiger partial charge in [0.1, 0.15) is 5.75 Å². The van der Waals surface area contributed by atoms with E-state index in [1.807, 2.05) is 35.2 Å². The van der Waals surface area contributed by atoms with E-state index >= 15 is 0 Å². The molecule has 1 aliphatic carbocycles. The molecule has 0 atom stereocenters. The predicted octanol–water partition coefficient (Wildman–Crippen LogP) is 4.03. The molecule has 0 N–H and O–H groups in total. The molecule has 2 heterocycles. The minimum absolute atomic E-state index is 0.123. The van der Waals surface area contributed by atoms with Crippen LogP contribution in [0.15, 0.2) is 42.7 Å². The van der Waals surface area contributed by atoms with Gasteiger partial charge in [-0.25, -0.2) is 4.98 Å². The van der Waals surface area contributed by atoms with Gasteiger partial charge in [0.05, 0.1) is 23.9 Å². The van der Waals surface area contributed by atoms with Gasteiger partial charge in [0.2, 0.25) is 5.91 Å². The summed E-state index contributed by atoms with van der Waals surface area (Å²) in [7, 11) is 1.64. The van der Waals surface area contributed by atoms with E-state index in [9.17, 15) is 4.79 Å². The lowest BCUT2D eigenvalue weighted by Gasteiger charge is -2.30. The average Bonchev–Trinajstić information content (AvgIpc) is 3.01. The molecular weight excluding hydrogens is 334 g/mol. The first-order valence-electron chi connectivity index (χ1n) is 8.39. The highest BCUT2D eigenvalue weighted by Crippen LogP contribution is 2.35. The molecule has 1 fully saturated rings. The minimum atomic E-state index is 0.123. The number of aromatic nitrogens is 2. The van der Waals surface area contributed by atoms with Gasteiger partial charge in [-0.2, -0.15) is 0 Å². The number of hydrogen-bond acceptors (Lipinski definition) is 5. The number of carbonyl (C=O) groups is 1. The smallest absolute Gasteiger partial charge is 0.232 e. The van der Waals surface area contributed by atoms with E-state index in [0.717, 1.165) is 45.9 Å². The molecule has 0 radical (unpaired) electrons. The molecule has 3 aromatic rings. The third kappa shape index (κ3) is 3.22. The Morgan fingerprint density at radius 1 is 1.36 bits per heavy atom. The van der Waals surface area contributed by atoms with Crippen LogP contribution in [0.1, 0.15) is 24.8 Å². The van der Waals surface area contributed by atoms with E-state index < -0.39 is 0 Å². The number of rotatable bonds is 5. The van der Waals surface area contributed by atoms with Gasteiger partial charge >= 0.3 is 0 Å². The molecule has 0 aliphatic heterocycles. The van der Waals surface area contributed by atoms with Crippen LogP contribution in [-0.2, 0) is 11.3 Å². The van der Waals surface area contributed by atoms with Crippen LogP contribution < -0.4 is 9.64 Å². The highest BCUT2D eigenvalue weighted by atomic mass is 32.1. The SMILES string of the molecule is COc1ccc2sc(N(Cc3cccnc3)C(=O)C3CCC3)nc2c1. The molecule has 5 nitrogen and oxygen atoms in total. The number of anilines is 1. The Kier molecular flexibility index (Phi) is 4.36. The maximum absolute atomic E-state index is 13.0. The Bertz CT molecular complexity index is 890. The number of methoxy groups -OCH3 is 1. The van der Waals surface area contributed by atoms with Crippen LogP contribution in [0.3, 0.4) is 0 Å². The second-order valence-corrected chi connectivity index (χ2v) is 7.25. The molecule has 128 valence electrons. The zero-order chi connectivity index (χ0) is 17.2. The maximum Gasteiger partial charge on any atom is 0.232 e. The Morgan fingerprint density at radius 2 is 2.24 bits per heavy atom. The largest absolute Gasteiger partial charge is 0.497 e. The average molecular weight is 353 g/mol. The zero-order valence-corrected chi connectivity index (χ0v) is 14.8. The first kappa shape index (κ1) is 16.0. The molecule has 0 saturated heterocycles. The summed E-state index contributed by atoms with van der Waals surface area (Å²) >= 11 is 1.54. The fraction of sp³-hybridized carbons (Fsp3) is 0.316. The Balaban J connectivity index is 1.70. The van der Waals surface area contributed by atoms with Crippen molar-refractivity contribution in [2.24, 2.45) is 5.92 Å². The van der Waals surface area contributed by atoms with Crippen molar-refractivity contribution in [3.8, 4) is 5.75 Å². The van der Waals surface area contributed by atoms with Crippen molar-refractivity contribution in [3.63, 3.8) is 0 Å². The highest BCUT2D eigenvalue weighted by Gasteiger charge is 2.31. The Morgan fingerprint density at radius 3 is 2.92 bits per heavy atom. The third-order valence-corrected chi connectivity index (χ3v) is 5.66. The molecule has 6 heteroatoms. The minimum Gasteiger partial charge on any atom is -0.497 e. The number of pyridine rings is 1. The van der Waals surface area contributed by atoms with Gasteiger partial charge in [0.15, 0.2) is 5.13 Å². The zero-order valence-electron chi connectivity index (χ0n) is 14.0. The fourth-order valence-corrected chi connectivity index (χ4v) is 3.88. The summed E-state index contributed by atoms with van der Waals surface area (Å²) in [4.78, 5) is 23.7. The number of ether oxygens (including phenoxy) is 1. The molecule has 1 amide bonds. The second kappa shape index (κ2) is 6.80. The maximum atomic E-state index is 13.0. The molecule has 1 saturated carbocycles. The van der Waals surface area contributed by atoms with Gasteiger partial charge in [-0.05, 0) is 36.6 Å². The van der Waals surface area contributed by atoms with Gasteiger partial charge in [0.25, 0.3) is 0 Å². The first-order valence-corrected chi connectivity index (χ1v) is 9.21. The third-order valence-electron chi connectivity index (χ3n) is 4.60. The van der Waals surface area contributed by atoms with Crippen molar-refractivity contribution in [2.45, 2.75) is 25.8 Å². The van der Waals surface area contributed by atoms with Crippen LogP contribution in [0, 0.1) is 5.92 Å². The molecule has 0 bridgehead atoms. The van der Waals surface area contributed by atoms with Crippen LogP contribution in [0.5, 0.6) is 5.75 Å². The molecule has 0 spiro atoms. The van der Waals surface area contributed by atoms with Crippen molar-refractivity contribution in [2.75, 3.05) is 12.0 Å². The summed E-state index contributed by atoms with van der Waals surface area (Å²) in [6.45, 7) is 0.500. The van der Waals surface area contributed by atoms with Crippen LogP contribution in [0.4, 0.5) is 5.13 Å². The number of benzene rings is 1. The molecule has 0 unspecified atom stereocenters. The van der Waals surface area contributed by atoms with Gasteiger partial charge in [0, 0.05) is 24.4 Å². The van der Waals surface area contributed by atoms with Gasteiger partial charge in [-0.15, -0.1) is 0 Å². The number of hydrogen-bond donors (Lipinski definition) is 0. The molecule has 4 rings (SSSR count).